The number of rotatable bonds is 10. The van der Waals surface area contributed by atoms with E-state index in [1.165, 1.54) is 11.8 Å². The van der Waals surface area contributed by atoms with E-state index < -0.39 is 0 Å². The van der Waals surface area contributed by atoms with Crippen LogP contribution in [0, 0.1) is 0 Å². The third kappa shape index (κ3) is 6.67. The first-order chi connectivity index (χ1) is 18.0. The first-order valence-corrected chi connectivity index (χ1v) is 13.3. The lowest BCUT2D eigenvalue weighted by Crippen LogP contribution is -2.29. The van der Waals surface area contributed by atoms with Crippen LogP contribution in [0.3, 0.4) is 0 Å². The Bertz CT molecular complexity index is 1310. The van der Waals surface area contributed by atoms with E-state index in [9.17, 15) is 4.79 Å². The molecule has 0 unspecified atom stereocenters. The van der Waals surface area contributed by atoms with Crippen molar-refractivity contribution in [2.45, 2.75) is 26.9 Å². The van der Waals surface area contributed by atoms with Crippen LogP contribution in [0.15, 0.2) is 76.6 Å². The lowest BCUT2D eigenvalue weighted by Gasteiger charge is -2.14. The Morgan fingerprint density at radius 1 is 1.00 bits per heavy atom. The van der Waals surface area contributed by atoms with E-state index in [0.717, 1.165) is 29.0 Å². The predicted octanol–water partition coefficient (Wildman–Crippen LogP) is 7.34. The van der Waals surface area contributed by atoms with Crippen LogP contribution in [0.2, 0.25) is 5.02 Å². The maximum Gasteiger partial charge on any atom is 0.266 e. The standard InChI is InChI=1S/C29H29ClN2O4S/c1-4-16-32-28(33)27(37-29(32)31-22-11-13-23(34-3)14-12-22)18-20-10-15-25(26(17-20)35-5-2)36-19-21-8-6-7-9-24(21)30/h6-15,17-18H,4-5,16,19H2,1-3H3/b27-18+,31-29?. The molecule has 3 aromatic carbocycles. The smallest absolute Gasteiger partial charge is 0.266 e. The number of hydrogen-bond acceptors (Lipinski definition) is 6. The molecule has 0 radical (unpaired) electrons. The van der Waals surface area contributed by atoms with Gasteiger partial charge < -0.3 is 14.2 Å². The molecule has 192 valence electrons. The van der Waals surface area contributed by atoms with Gasteiger partial charge in [0, 0.05) is 17.1 Å². The number of aliphatic imine (C=N–C) groups is 1. The van der Waals surface area contributed by atoms with Crippen LogP contribution in [0.5, 0.6) is 17.2 Å². The molecule has 1 fully saturated rings. The van der Waals surface area contributed by atoms with Crippen LogP contribution < -0.4 is 14.2 Å². The van der Waals surface area contributed by atoms with Gasteiger partial charge in [-0.25, -0.2) is 4.99 Å². The van der Waals surface area contributed by atoms with Crippen LogP contribution in [-0.4, -0.2) is 36.2 Å². The second-order valence-electron chi connectivity index (χ2n) is 8.18. The van der Waals surface area contributed by atoms with E-state index in [4.69, 9.17) is 30.8 Å². The third-order valence-electron chi connectivity index (χ3n) is 5.54. The van der Waals surface area contributed by atoms with Crippen molar-refractivity contribution >= 4 is 46.2 Å². The molecule has 1 amide bonds. The molecule has 1 heterocycles. The lowest BCUT2D eigenvalue weighted by atomic mass is 10.1. The molecule has 0 atom stereocenters. The van der Waals surface area contributed by atoms with Crippen molar-refractivity contribution in [1.82, 2.24) is 4.90 Å². The van der Waals surface area contributed by atoms with Gasteiger partial charge in [-0.15, -0.1) is 0 Å². The van der Waals surface area contributed by atoms with Crippen molar-refractivity contribution in [2.24, 2.45) is 4.99 Å². The lowest BCUT2D eigenvalue weighted by molar-refractivity contribution is -0.122. The molecule has 1 aliphatic heterocycles. The molecule has 0 aromatic heterocycles. The molecule has 0 N–H and O–H groups in total. The van der Waals surface area contributed by atoms with Crippen LogP contribution in [0.1, 0.15) is 31.4 Å². The molecule has 0 aliphatic carbocycles. The second-order valence-corrected chi connectivity index (χ2v) is 9.60. The summed E-state index contributed by atoms with van der Waals surface area (Å²) < 4.78 is 17.1. The topological polar surface area (TPSA) is 60.4 Å². The summed E-state index contributed by atoms with van der Waals surface area (Å²) in [7, 11) is 1.63. The van der Waals surface area contributed by atoms with Crippen LogP contribution >= 0.6 is 23.4 Å². The SMILES string of the molecule is CCCN1C(=O)/C(=C\c2ccc(OCc3ccccc3Cl)c(OCC)c2)SC1=Nc1ccc(OC)cc1. The van der Waals surface area contributed by atoms with Gasteiger partial charge in [0.05, 0.1) is 24.3 Å². The van der Waals surface area contributed by atoms with Crippen LogP contribution in [-0.2, 0) is 11.4 Å². The number of benzene rings is 3. The van der Waals surface area contributed by atoms with Crippen LogP contribution in [0.4, 0.5) is 5.69 Å². The summed E-state index contributed by atoms with van der Waals surface area (Å²) in [6, 6.07) is 20.7. The molecule has 4 rings (SSSR count). The van der Waals surface area contributed by atoms with Gasteiger partial charge in [0.2, 0.25) is 0 Å². The number of thioether (sulfide) groups is 1. The minimum Gasteiger partial charge on any atom is -0.497 e. The summed E-state index contributed by atoms with van der Waals surface area (Å²) in [5.41, 5.74) is 2.49. The third-order valence-corrected chi connectivity index (χ3v) is 6.91. The van der Waals surface area contributed by atoms with Crippen molar-refractivity contribution in [1.29, 1.82) is 0 Å². The average molecular weight is 537 g/mol. The number of ether oxygens (including phenoxy) is 3. The highest BCUT2D eigenvalue weighted by molar-refractivity contribution is 8.18. The fourth-order valence-electron chi connectivity index (χ4n) is 3.70. The summed E-state index contributed by atoms with van der Waals surface area (Å²) in [5.74, 6) is 1.92. The molecular formula is C29H29ClN2O4S. The highest BCUT2D eigenvalue weighted by Gasteiger charge is 2.32. The van der Waals surface area contributed by atoms with Gasteiger partial charge in [0.15, 0.2) is 16.7 Å². The quantitative estimate of drug-likeness (QED) is 0.254. The number of methoxy groups -OCH3 is 1. The number of nitrogens with zero attached hydrogens (tertiary/aromatic N) is 2. The number of carbonyl (C=O) groups is 1. The monoisotopic (exact) mass is 536 g/mol. The summed E-state index contributed by atoms with van der Waals surface area (Å²) in [6.07, 6.45) is 2.69. The van der Waals surface area contributed by atoms with E-state index in [0.29, 0.717) is 46.4 Å². The number of halogens is 1. The zero-order chi connectivity index (χ0) is 26.2. The molecule has 0 saturated carbocycles. The normalized spacial score (nSPS) is 15.5. The highest BCUT2D eigenvalue weighted by Crippen LogP contribution is 2.36. The summed E-state index contributed by atoms with van der Waals surface area (Å²) in [6.45, 7) is 5.37. The largest absolute Gasteiger partial charge is 0.497 e. The molecule has 0 bridgehead atoms. The summed E-state index contributed by atoms with van der Waals surface area (Å²) in [4.78, 5) is 20.3. The Kier molecular flexibility index (Phi) is 9.14. The average Bonchev–Trinajstić information content (AvgIpc) is 3.19. The second kappa shape index (κ2) is 12.7. The molecule has 37 heavy (non-hydrogen) atoms. The summed E-state index contributed by atoms with van der Waals surface area (Å²) >= 11 is 7.63. The van der Waals surface area contributed by atoms with Crippen molar-refractivity contribution in [3.63, 3.8) is 0 Å². The Balaban J connectivity index is 1.57. The van der Waals surface area contributed by atoms with Gasteiger partial charge in [0.25, 0.3) is 5.91 Å². The highest BCUT2D eigenvalue weighted by atomic mass is 35.5. The fourth-order valence-corrected chi connectivity index (χ4v) is 4.92. The van der Waals surface area contributed by atoms with E-state index in [1.807, 2.05) is 86.7 Å². The number of amides is 1. The zero-order valence-electron chi connectivity index (χ0n) is 21.1. The van der Waals surface area contributed by atoms with Gasteiger partial charge in [-0.05, 0) is 79.2 Å². The molecule has 8 heteroatoms. The first kappa shape index (κ1) is 26.6. The maximum atomic E-state index is 13.2. The van der Waals surface area contributed by atoms with Crippen LogP contribution in [0.25, 0.3) is 6.08 Å². The Labute approximate surface area is 226 Å². The van der Waals surface area contributed by atoms with E-state index in [2.05, 4.69) is 0 Å². The van der Waals surface area contributed by atoms with Gasteiger partial charge >= 0.3 is 0 Å². The fraction of sp³-hybridized carbons (Fsp3) is 0.241. The first-order valence-electron chi connectivity index (χ1n) is 12.1. The Morgan fingerprint density at radius 2 is 1.78 bits per heavy atom. The van der Waals surface area contributed by atoms with E-state index >= 15 is 0 Å². The molecule has 1 aliphatic rings. The number of carbonyl (C=O) groups excluding carboxylic acids is 1. The predicted molar refractivity (Wildman–Crippen MR) is 151 cm³/mol. The van der Waals surface area contributed by atoms with Gasteiger partial charge in [0.1, 0.15) is 12.4 Å². The minimum absolute atomic E-state index is 0.0592. The Hall–Kier alpha value is -3.42. The van der Waals surface area contributed by atoms with Gasteiger partial charge in [-0.2, -0.15) is 0 Å². The maximum absolute atomic E-state index is 13.2. The van der Waals surface area contributed by atoms with Crippen molar-refractivity contribution in [3.05, 3.63) is 87.8 Å². The molecule has 1 saturated heterocycles. The molecule has 3 aromatic rings. The van der Waals surface area contributed by atoms with E-state index in [-0.39, 0.29) is 5.91 Å². The van der Waals surface area contributed by atoms with E-state index in [1.54, 1.807) is 12.0 Å². The zero-order valence-corrected chi connectivity index (χ0v) is 22.6. The number of hydrogen-bond donors (Lipinski definition) is 0. The van der Waals surface area contributed by atoms with Gasteiger partial charge in [-0.3, -0.25) is 9.69 Å². The summed E-state index contributed by atoms with van der Waals surface area (Å²) in [5, 5.41) is 1.32. The minimum atomic E-state index is -0.0592. The van der Waals surface area contributed by atoms with Crippen molar-refractivity contribution < 1.29 is 19.0 Å². The van der Waals surface area contributed by atoms with Crippen molar-refractivity contribution in [3.8, 4) is 17.2 Å². The molecular weight excluding hydrogens is 508 g/mol. The molecule has 6 nitrogen and oxygen atoms in total. The number of amidine groups is 1. The van der Waals surface area contributed by atoms with Gasteiger partial charge in [-0.1, -0.05) is 42.8 Å². The Morgan fingerprint density at radius 3 is 2.49 bits per heavy atom. The van der Waals surface area contributed by atoms with Crippen molar-refractivity contribution in [2.75, 3.05) is 20.3 Å². The molecule has 0 spiro atoms.